The molecule has 4 rings (SSSR count). The van der Waals surface area contributed by atoms with Crippen LogP contribution in [-0.4, -0.2) is 44.2 Å². The Morgan fingerprint density at radius 1 is 0.829 bits per heavy atom. The van der Waals surface area contributed by atoms with Crippen LogP contribution in [-0.2, 0) is 9.53 Å². The van der Waals surface area contributed by atoms with Gasteiger partial charge >= 0.3 is 5.97 Å². The van der Waals surface area contributed by atoms with E-state index in [1.165, 1.54) is 12.8 Å². The largest absolute Gasteiger partial charge is 0.481 e. The van der Waals surface area contributed by atoms with Crippen LogP contribution >= 0.6 is 0 Å². The summed E-state index contributed by atoms with van der Waals surface area (Å²) in [7, 11) is 0. The van der Waals surface area contributed by atoms with Gasteiger partial charge in [0.05, 0.1) is 22.9 Å². The van der Waals surface area contributed by atoms with E-state index < -0.39 is 17.2 Å². The van der Waals surface area contributed by atoms with Crippen LogP contribution in [0.2, 0.25) is 0 Å². The van der Waals surface area contributed by atoms with Gasteiger partial charge in [-0.1, -0.05) is 20.8 Å². The number of aliphatic carboxylic acids is 1. The monoisotopic (exact) mass is 492 g/mol. The van der Waals surface area contributed by atoms with Gasteiger partial charge in [-0.15, -0.1) is 0 Å². The lowest BCUT2D eigenvalue weighted by molar-refractivity contribution is -0.212. The van der Waals surface area contributed by atoms with E-state index in [0.29, 0.717) is 24.2 Å². The van der Waals surface area contributed by atoms with Crippen LogP contribution in [0.3, 0.4) is 0 Å². The van der Waals surface area contributed by atoms with Crippen molar-refractivity contribution < 1.29 is 24.9 Å². The van der Waals surface area contributed by atoms with Crippen molar-refractivity contribution in [3.05, 3.63) is 0 Å². The smallest absolute Gasteiger partial charge is 0.303 e. The van der Waals surface area contributed by atoms with Crippen LogP contribution in [0.15, 0.2) is 0 Å². The highest BCUT2D eigenvalue weighted by Crippen LogP contribution is 2.74. The fraction of sp³-hybridized carbons (Fsp3) is 0.967. The molecular weight excluding hydrogens is 440 g/mol. The fourth-order valence-electron chi connectivity index (χ4n) is 10.4. The third-order valence-corrected chi connectivity index (χ3v) is 12.3. The highest BCUT2D eigenvalue weighted by molar-refractivity contribution is 5.66. The number of ether oxygens (including phenoxy) is 1. The molecule has 35 heavy (non-hydrogen) atoms. The first kappa shape index (κ1) is 27.4. The number of carboxylic acids is 1. The molecule has 5 nitrogen and oxygen atoms in total. The zero-order valence-electron chi connectivity index (χ0n) is 23.6. The van der Waals surface area contributed by atoms with E-state index in [9.17, 15) is 20.1 Å². The molecule has 4 fully saturated rings. The van der Waals surface area contributed by atoms with E-state index in [1.54, 1.807) is 0 Å². The van der Waals surface area contributed by atoms with Crippen molar-refractivity contribution in [2.24, 2.45) is 39.9 Å². The molecule has 3 N–H and O–H groups in total. The Bertz CT molecular complexity index is 826. The van der Waals surface area contributed by atoms with Gasteiger partial charge < -0.3 is 20.1 Å². The predicted octanol–water partition coefficient (Wildman–Crippen LogP) is 6.20. The minimum Gasteiger partial charge on any atom is -0.481 e. The Hall–Kier alpha value is -0.650. The van der Waals surface area contributed by atoms with E-state index in [1.807, 2.05) is 27.7 Å². The second kappa shape index (κ2) is 8.43. The van der Waals surface area contributed by atoms with E-state index in [-0.39, 0.29) is 40.3 Å². The quantitative estimate of drug-likeness (QED) is 0.411. The zero-order chi connectivity index (χ0) is 26.2. The molecule has 0 amide bonds. The van der Waals surface area contributed by atoms with Crippen molar-refractivity contribution in [3.8, 4) is 0 Å². The van der Waals surface area contributed by atoms with Gasteiger partial charge in [-0.2, -0.15) is 0 Å². The van der Waals surface area contributed by atoms with Gasteiger partial charge in [0.15, 0.2) is 0 Å². The maximum atomic E-state index is 11.7. The van der Waals surface area contributed by atoms with E-state index >= 15 is 0 Å². The van der Waals surface area contributed by atoms with Crippen molar-refractivity contribution in [3.63, 3.8) is 0 Å². The van der Waals surface area contributed by atoms with Crippen molar-refractivity contribution in [1.29, 1.82) is 0 Å². The molecular formula is C30H52O5. The second-order valence-electron chi connectivity index (χ2n) is 15.0. The van der Waals surface area contributed by atoms with Crippen molar-refractivity contribution in [1.82, 2.24) is 0 Å². The number of aliphatic hydroxyl groups is 2. The van der Waals surface area contributed by atoms with Crippen molar-refractivity contribution in [2.45, 2.75) is 143 Å². The minimum atomic E-state index is -0.818. The third-order valence-electron chi connectivity index (χ3n) is 12.3. The average Bonchev–Trinajstić information content (AvgIpc) is 3.28. The standard InChI is InChI=1S/C30H52O5/c1-25(2,33)21-12-17-29(7)22(27(21,5)15-14-24(31)32)10-9-19-20(11-16-28(19,29)6)30(8)18-13-23(35-30)26(3,4)34/h19-23,33-34H,9-18H2,1-8H3,(H,31,32)/t19-,20+,21+,22-,23+,27-,28-,29-,30+/m1/s1. The number of rotatable bonds is 6. The van der Waals surface area contributed by atoms with Crippen LogP contribution in [0, 0.1) is 39.9 Å². The summed E-state index contributed by atoms with van der Waals surface area (Å²) < 4.78 is 6.68. The normalized spacial score (nSPS) is 48.5. The number of fused-ring (bicyclic) bond motifs is 3. The Balaban J connectivity index is 1.65. The first-order chi connectivity index (χ1) is 15.9. The summed E-state index contributed by atoms with van der Waals surface area (Å²) in [5, 5.41) is 31.4. The summed E-state index contributed by atoms with van der Waals surface area (Å²) in [5.41, 5.74) is -1.73. The summed E-state index contributed by atoms with van der Waals surface area (Å²) in [4.78, 5) is 11.7. The predicted molar refractivity (Wildman–Crippen MR) is 138 cm³/mol. The summed E-state index contributed by atoms with van der Waals surface area (Å²) in [5.74, 6) is 0.849. The molecule has 0 aromatic carbocycles. The minimum absolute atomic E-state index is 0.104. The summed E-state index contributed by atoms with van der Waals surface area (Å²) in [6.07, 6.45) is 9.27. The van der Waals surface area contributed by atoms with Crippen molar-refractivity contribution >= 4 is 5.97 Å². The molecule has 1 saturated heterocycles. The molecule has 1 heterocycles. The van der Waals surface area contributed by atoms with E-state index in [0.717, 1.165) is 38.5 Å². The maximum Gasteiger partial charge on any atom is 0.303 e. The molecule has 9 atom stereocenters. The lowest BCUT2D eigenvalue weighted by atomic mass is 9.37. The van der Waals surface area contributed by atoms with Crippen LogP contribution in [0.5, 0.6) is 0 Å². The highest BCUT2D eigenvalue weighted by atomic mass is 16.5. The molecule has 0 radical (unpaired) electrons. The fourth-order valence-corrected chi connectivity index (χ4v) is 10.4. The summed E-state index contributed by atoms with van der Waals surface area (Å²) in [6.45, 7) is 17.2. The van der Waals surface area contributed by atoms with Gasteiger partial charge in [0.2, 0.25) is 0 Å². The molecule has 0 aromatic heterocycles. The number of carboxylic acid groups (broad SMARTS) is 1. The van der Waals surface area contributed by atoms with Gasteiger partial charge in [-0.25, -0.2) is 0 Å². The topological polar surface area (TPSA) is 87.0 Å². The van der Waals surface area contributed by atoms with Crippen LogP contribution < -0.4 is 0 Å². The van der Waals surface area contributed by atoms with Crippen LogP contribution in [0.1, 0.15) is 120 Å². The highest BCUT2D eigenvalue weighted by Gasteiger charge is 2.69. The van der Waals surface area contributed by atoms with Crippen molar-refractivity contribution in [2.75, 3.05) is 0 Å². The van der Waals surface area contributed by atoms with E-state index in [4.69, 9.17) is 4.74 Å². The van der Waals surface area contributed by atoms with E-state index in [2.05, 4.69) is 27.7 Å². The van der Waals surface area contributed by atoms with Gasteiger partial charge in [0.25, 0.3) is 0 Å². The zero-order valence-corrected chi connectivity index (χ0v) is 23.6. The Morgan fingerprint density at radius 3 is 2.00 bits per heavy atom. The number of hydrogen-bond acceptors (Lipinski definition) is 4. The van der Waals surface area contributed by atoms with Gasteiger partial charge in [0, 0.05) is 6.42 Å². The molecule has 0 spiro atoms. The molecule has 1 aliphatic heterocycles. The third kappa shape index (κ3) is 4.20. The SMILES string of the molecule is CC(C)(O)[C@@H]1CC[C@@](C)([C@H]2CC[C@]3(C)[C@@H]2CC[C@@H]2[C@](C)(CCC(=O)O)[C@H](C(C)(C)O)CC[C@]23C)O1. The first-order valence-electron chi connectivity index (χ1n) is 14.2. The Kier molecular flexibility index (Phi) is 6.60. The Labute approximate surface area is 213 Å². The molecule has 0 bridgehead atoms. The Morgan fingerprint density at radius 2 is 1.46 bits per heavy atom. The number of hydrogen-bond donors (Lipinski definition) is 3. The molecule has 202 valence electrons. The first-order valence-corrected chi connectivity index (χ1v) is 14.2. The average molecular weight is 493 g/mol. The molecule has 5 heteroatoms. The molecule has 3 aliphatic carbocycles. The summed E-state index contributed by atoms with van der Waals surface area (Å²) in [6, 6.07) is 0. The van der Waals surface area contributed by atoms with Gasteiger partial charge in [-0.05, 0) is 132 Å². The second-order valence-corrected chi connectivity index (χ2v) is 15.0. The lowest BCUT2D eigenvalue weighted by Crippen LogP contribution is -2.62. The molecule has 3 saturated carbocycles. The molecule has 0 unspecified atom stereocenters. The summed E-state index contributed by atoms with van der Waals surface area (Å²) >= 11 is 0. The maximum absolute atomic E-state index is 11.7. The molecule has 0 aromatic rings. The van der Waals surface area contributed by atoms with Crippen LogP contribution in [0.4, 0.5) is 0 Å². The van der Waals surface area contributed by atoms with Crippen LogP contribution in [0.25, 0.3) is 0 Å². The van der Waals surface area contributed by atoms with Gasteiger partial charge in [0.1, 0.15) is 0 Å². The lowest BCUT2D eigenvalue weighted by Gasteiger charge is -2.67. The number of carbonyl (C=O) groups is 1. The van der Waals surface area contributed by atoms with Gasteiger partial charge in [-0.3, -0.25) is 4.79 Å². The molecule has 4 aliphatic rings.